The monoisotopic (exact) mass is 451 g/mol. The summed E-state index contributed by atoms with van der Waals surface area (Å²) < 4.78 is 6.63. The van der Waals surface area contributed by atoms with E-state index in [0.717, 1.165) is 20.4 Å². The number of aryl methyl sites for hydroxylation is 1. The largest absolute Gasteiger partial charge is 0.411 e. The highest BCUT2D eigenvalue weighted by molar-refractivity contribution is 14.1. The minimum absolute atomic E-state index is 0.111. The Labute approximate surface area is 157 Å². The number of carbonyl (C=O) groups is 1. The third kappa shape index (κ3) is 4.15. The molecule has 0 saturated heterocycles. The number of carbonyl (C=O) groups excluding carboxylic acids is 1. The van der Waals surface area contributed by atoms with Gasteiger partial charge in [-0.3, -0.25) is 4.79 Å². The Hall–Kier alpha value is -1.87. The van der Waals surface area contributed by atoms with E-state index >= 15 is 0 Å². The predicted octanol–water partition coefficient (Wildman–Crippen LogP) is 4.38. The number of nitrogens with one attached hydrogen (secondary N) is 1. The lowest BCUT2D eigenvalue weighted by Crippen LogP contribution is -2.14. The standard InChI is InChI=1S/C17H14IN3O2S/c1-11-6-2-3-7-12(11)16-20-21-17(23-16)24-10-15(22)19-14-9-5-4-8-13(14)18/h2-9H,10H2,1H3,(H,19,22). The Kier molecular flexibility index (Phi) is 5.52. The predicted molar refractivity (Wildman–Crippen MR) is 103 cm³/mol. The number of nitrogens with zero attached hydrogens (tertiary/aromatic N) is 2. The third-order valence-electron chi connectivity index (χ3n) is 3.26. The quantitative estimate of drug-likeness (QED) is 0.461. The van der Waals surface area contributed by atoms with Crippen molar-refractivity contribution >= 4 is 45.9 Å². The molecule has 0 spiro atoms. The van der Waals surface area contributed by atoms with Crippen molar-refractivity contribution in [3.63, 3.8) is 0 Å². The summed E-state index contributed by atoms with van der Waals surface area (Å²) >= 11 is 3.40. The number of aromatic nitrogens is 2. The summed E-state index contributed by atoms with van der Waals surface area (Å²) in [6.45, 7) is 1.99. The summed E-state index contributed by atoms with van der Waals surface area (Å²) in [5.41, 5.74) is 2.77. The van der Waals surface area contributed by atoms with Gasteiger partial charge in [0, 0.05) is 9.13 Å². The lowest BCUT2D eigenvalue weighted by molar-refractivity contribution is -0.113. The van der Waals surface area contributed by atoms with Crippen LogP contribution in [-0.4, -0.2) is 21.9 Å². The molecule has 0 radical (unpaired) electrons. The third-order valence-corrected chi connectivity index (χ3v) is 5.02. The molecule has 3 rings (SSSR count). The van der Waals surface area contributed by atoms with Crippen LogP contribution in [0.2, 0.25) is 0 Å². The molecule has 2 aromatic carbocycles. The summed E-state index contributed by atoms with van der Waals surface area (Å²) in [5.74, 6) is 0.564. The van der Waals surface area contributed by atoms with Gasteiger partial charge in [0.25, 0.3) is 5.22 Å². The van der Waals surface area contributed by atoms with E-state index in [9.17, 15) is 4.79 Å². The van der Waals surface area contributed by atoms with Gasteiger partial charge in [-0.05, 0) is 53.3 Å². The van der Waals surface area contributed by atoms with Gasteiger partial charge in [-0.25, -0.2) is 0 Å². The molecule has 0 aliphatic carbocycles. The molecule has 0 bridgehead atoms. The highest BCUT2D eigenvalue weighted by Gasteiger charge is 2.13. The molecule has 122 valence electrons. The maximum absolute atomic E-state index is 12.0. The van der Waals surface area contributed by atoms with Crippen LogP contribution in [0, 0.1) is 10.5 Å². The van der Waals surface area contributed by atoms with E-state index in [2.05, 4.69) is 38.1 Å². The first-order valence-corrected chi connectivity index (χ1v) is 9.26. The summed E-state index contributed by atoms with van der Waals surface area (Å²) in [6, 6.07) is 15.4. The van der Waals surface area contributed by atoms with E-state index < -0.39 is 0 Å². The maximum atomic E-state index is 12.0. The zero-order chi connectivity index (χ0) is 16.9. The average Bonchev–Trinajstić information content (AvgIpc) is 3.04. The fourth-order valence-electron chi connectivity index (χ4n) is 2.07. The van der Waals surface area contributed by atoms with Gasteiger partial charge < -0.3 is 9.73 Å². The van der Waals surface area contributed by atoms with Crippen molar-refractivity contribution in [1.82, 2.24) is 10.2 Å². The van der Waals surface area contributed by atoms with Crippen molar-refractivity contribution in [2.24, 2.45) is 0 Å². The molecule has 1 aromatic heterocycles. The topological polar surface area (TPSA) is 68.0 Å². The molecular weight excluding hydrogens is 437 g/mol. The van der Waals surface area contributed by atoms with Crippen LogP contribution in [0.4, 0.5) is 5.69 Å². The zero-order valence-corrected chi connectivity index (χ0v) is 15.8. The Balaban J connectivity index is 1.61. The van der Waals surface area contributed by atoms with Gasteiger partial charge in [-0.15, -0.1) is 10.2 Å². The first-order chi connectivity index (χ1) is 11.6. The highest BCUT2D eigenvalue weighted by atomic mass is 127. The Morgan fingerprint density at radius 2 is 1.92 bits per heavy atom. The molecule has 0 unspecified atom stereocenters. The molecule has 0 aliphatic heterocycles. The van der Waals surface area contributed by atoms with Crippen molar-refractivity contribution in [1.29, 1.82) is 0 Å². The minimum atomic E-state index is -0.111. The molecule has 0 fully saturated rings. The molecule has 1 heterocycles. The normalized spacial score (nSPS) is 10.6. The van der Waals surface area contributed by atoms with Crippen LogP contribution in [0.15, 0.2) is 58.2 Å². The number of hydrogen-bond donors (Lipinski definition) is 1. The maximum Gasteiger partial charge on any atom is 0.277 e. The van der Waals surface area contributed by atoms with Gasteiger partial charge in [-0.1, -0.05) is 42.1 Å². The summed E-state index contributed by atoms with van der Waals surface area (Å²) in [4.78, 5) is 12.0. The van der Waals surface area contributed by atoms with Gasteiger partial charge in [-0.2, -0.15) is 0 Å². The number of rotatable bonds is 5. The summed E-state index contributed by atoms with van der Waals surface area (Å²) in [5, 5.41) is 11.3. The fraction of sp³-hybridized carbons (Fsp3) is 0.118. The molecule has 1 amide bonds. The number of anilines is 1. The van der Waals surface area contributed by atoms with E-state index in [1.807, 2.05) is 55.5 Å². The van der Waals surface area contributed by atoms with Gasteiger partial charge >= 0.3 is 0 Å². The SMILES string of the molecule is Cc1ccccc1-c1nnc(SCC(=O)Nc2ccccc2I)o1. The van der Waals surface area contributed by atoms with Crippen LogP contribution < -0.4 is 5.32 Å². The fourth-order valence-corrected chi connectivity index (χ4v) is 3.15. The zero-order valence-electron chi connectivity index (χ0n) is 12.8. The molecule has 0 atom stereocenters. The Morgan fingerprint density at radius 1 is 1.17 bits per heavy atom. The number of halogens is 1. The molecule has 0 aliphatic rings. The van der Waals surface area contributed by atoms with E-state index in [0.29, 0.717) is 11.1 Å². The molecular formula is C17H14IN3O2S. The van der Waals surface area contributed by atoms with Crippen LogP contribution in [0.25, 0.3) is 11.5 Å². The van der Waals surface area contributed by atoms with Crippen LogP contribution >= 0.6 is 34.4 Å². The van der Waals surface area contributed by atoms with Crippen LogP contribution in [0.5, 0.6) is 0 Å². The lowest BCUT2D eigenvalue weighted by Gasteiger charge is -2.05. The average molecular weight is 451 g/mol. The van der Waals surface area contributed by atoms with Crippen molar-refractivity contribution in [2.75, 3.05) is 11.1 Å². The van der Waals surface area contributed by atoms with Crippen LogP contribution in [0.3, 0.4) is 0 Å². The first kappa shape index (κ1) is 17.0. The van der Waals surface area contributed by atoms with Gasteiger partial charge in [0.2, 0.25) is 11.8 Å². The Bertz CT molecular complexity index is 866. The van der Waals surface area contributed by atoms with E-state index in [1.165, 1.54) is 11.8 Å². The second kappa shape index (κ2) is 7.80. The molecule has 24 heavy (non-hydrogen) atoms. The Morgan fingerprint density at radius 3 is 2.71 bits per heavy atom. The number of para-hydroxylation sites is 1. The molecule has 0 saturated carbocycles. The smallest absolute Gasteiger partial charge is 0.277 e. The van der Waals surface area contributed by atoms with Crippen molar-refractivity contribution in [3.8, 4) is 11.5 Å². The van der Waals surface area contributed by atoms with Crippen molar-refractivity contribution in [3.05, 3.63) is 57.7 Å². The van der Waals surface area contributed by atoms with Gasteiger partial charge in [0.1, 0.15) is 0 Å². The lowest BCUT2D eigenvalue weighted by atomic mass is 10.1. The minimum Gasteiger partial charge on any atom is -0.411 e. The van der Waals surface area contributed by atoms with Crippen LogP contribution in [-0.2, 0) is 4.79 Å². The van der Waals surface area contributed by atoms with E-state index in [-0.39, 0.29) is 11.7 Å². The van der Waals surface area contributed by atoms with E-state index in [4.69, 9.17) is 4.42 Å². The van der Waals surface area contributed by atoms with Gasteiger partial charge in [0.15, 0.2) is 0 Å². The molecule has 1 N–H and O–H groups in total. The van der Waals surface area contributed by atoms with Gasteiger partial charge in [0.05, 0.1) is 11.4 Å². The number of amides is 1. The number of benzene rings is 2. The first-order valence-electron chi connectivity index (χ1n) is 7.20. The summed E-state index contributed by atoms with van der Waals surface area (Å²) in [7, 11) is 0. The van der Waals surface area contributed by atoms with Crippen molar-refractivity contribution < 1.29 is 9.21 Å². The molecule has 7 heteroatoms. The van der Waals surface area contributed by atoms with Crippen LogP contribution in [0.1, 0.15) is 5.56 Å². The molecule has 5 nitrogen and oxygen atoms in total. The highest BCUT2D eigenvalue weighted by Crippen LogP contribution is 2.25. The number of hydrogen-bond acceptors (Lipinski definition) is 5. The van der Waals surface area contributed by atoms with Crippen molar-refractivity contribution in [2.45, 2.75) is 12.1 Å². The number of thioether (sulfide) groups is 1. The second-order valence-electron chi connectivity index (χ2n) is 5.00. The molecule has 3 aromatic rings. The van der Waals surface area contributed by atoms with E-state index in [1.54, 1.807) is 0 Å². The second-order valence-corrected chi connectivity index (χ2v) is 7.09. The summed E-state index contributed by atoms with van der Waals surface area (Å²) in [6.07, 6.45) is 0.